The maximum Gasteiger partial charge on any atom is 0.242 e. The topological polar surface area (TPSA) is 49.4 Å². The molecule has 0 aliphatic carbocycles. The van der Waals surface area contributed by atoms with Crippen LogP contribution in [0.2, 0.25) is 15.1 Å². The number of carbonyl (C=O) groups is 2. The number of nitrogens with zero attached hydrogens (tertiary/aromatic N) is 1. The highest BCUT2D eigenvalue weighted by Crippen LogP contribution is 2.24. The van der Waals surface area contributed by atoms with Crippen molar-refractivity contribution >= 4 is 46.6 Å². The Morgan fingerprint density at radius 3 is 2.27 bits per heavy atom. The van der Waals surface area contributed by atoms with Crippen molar-refractivity contribution in [2.75, 3.05) is 0 Å². The van der Waals surface area contributed by atoms with E-state index in [1.54, 1.807) is 36.1 Å². The maximum atomic E-state index is 13.2. The molecule has 0 saturated carbocycles. The Bertz CT molecular complexity index is 910. The monoisotopic (exact) mass is 468 g/mol. The molecule has 7 heteroatoms. The van der Waals surface area contributed by atoms with Gasteiger partial charge in [0.15, 0.2) is 0 Å². The van der Waals surface area contributed by atoms with E-state index >= 15 is 0 Å². The fourth-order valence-electron chi connectivity index (χ4n) is 2.98. The van der Waals surface area contributed by atoms with E-state index in [9.17, 15) is 9.59 Å². The first-order valence-electron chi connectivity index (χ1n) is 9.77. The van der Waals surface area contributed by atoms with Crippen molar-refractivity contribution < 1.29 is 9.59 Å². The molecular weight excluding hydrogens is 443 g/mol. The summed E-state index contributed by atoms with van der Waals surface area (Å²) in [7, 11) is 0. The van der Waals surface area contributed by atoms with E-state index in [0.29, 0.717) is 21.5 Å². The third-order valence-electron chi connectivity index (χ3n) is 4.59. The van der Waals surface area contributed by atoms with Crippen molar-refractivity contribution in [2.24, 2.45) is 0 Å². The molecule has 0 bridgehead atoms. The van der Waals surface area contributed by atoms with Gasteiger partial charge in [0.1, 0.15) is 6.04 Å². The fourth-order valence-corrected chi connectivity index (χ4v) is 3.67. The number of nitrogens with one attached hydrogen (secondary N) is 1. The Hall–Kier alpha value is -1.75. The molecule has 0 aliphatic heterocycles. The maximum absolute atomic E-state index is 13.2. The molecule has 0 fully saturated rings. The Morgan fingerprint density at radius 1 is 1.00 bits per heavy atom. The number of carbonyl (C=O) groups excluding carboxylic acids is 2. The second kappa shape index (κ2) is 10.5. The van der Waals surface area contributed by atoms with Crippen LogP contribution in [0.5, 0.6) is 0 Å². The molecular formula is C23H27Cl3N2O2. The first-order valence-corrected chi connectivity index (χ1v) is 10.9. The molecule has 1 atom stereocenters. The molecule has 30 heavy (non-hydrogen) atoms. The summed E-state index contributed by atoms with van der Waals surface area (Å²) in [4.78, 5) is 27.5. The zero-order valence-corrected chi connectivity index (χ0v) is 19.9. The summed E-state index contributed by atoms with van der Waals surface area (Å²) in [6.07, 6.45) is 0.707. The zero-order valence-electron chi connectivity index (χ0n) is 17.6. The van der Waals surface area contributed by atoms with Gasteiger partial charge in [-0.2, -0.15) is 0 Å². The minimum Gasteiger partial charge on any atom is -0.350 e. The molecule has 162 valence electrons. The summed E-state index contributed by atoms with van der Waals surface area (Å²) in [6, 6.07) is 11.9. The van der Waals surface area contributed by atoms with Gasteiger partial charge in [0.25, 0.3) is 0 Å². The van der Waals surface area contributed by atoms with Crippen LogP contribution in [0.25, 0.3) is 0 Å². The van der Waals surface area contributed by atoms with Crippen LogP contribution in [0.4, 0.5) is 0 Å². The first kappa shape index (κ1) is 24.5. The van der Waals surface area contributed by atoms with Crippen LogP contribution < -0.4 is 5.32 Å². The Morgan fingerprint density at radius 2 is 1.67 bits per heavy atom. The number of aryl methyl sites for hydroxylation is 1. The normalized spacial score (nSPS) is 12.4. The predicted molar refractivity (Wildman–Crippen MR) is 124 cm³/mol. The summed E-state index contributed by atoms with van der Waals surface area (Å²) in [5, 5.41) is 4.53. The smallest absolute Gasteiger partial charge is 0.242 e. The number of benzene rings is 2. The lowest BCUT2D eigenvalue weighted by molar-refractivity contribution is -0.141. The van der Waals surface area contributed by atoms with Crippen molar-refractivity contribution in [3.63, 3.8) is 0 Å². The number of amides is 2. The van der Waals surface area contributed by atoms with Gasteiger partial charge in [-0.15, -0.1) is 0 Å². The van der Waals surface area contributed by atoms with E-state index in [-0.39, 0.29) is 24.8 Å². The van der Waals surface area contributed by atoms with E-state index in [2.05, 4.69) is 5.32 Å². The lowest BCUT2D eigenvalue weighted by atomic mass is 10.1. The van der Waals surface area contributed by atoms with Gasteiger partial charge in [-0.25, -0.2) is 0 Å². The van der Waals surface area contributed by atoms with E-state index in [0.717, 1.165) is 11.1 Å². The first-order chi connectivity index (χ1) is 14.0. The van der Waals surface area contributed by atoms with Crippen molar-refractivity contribution in [2.45, 2.75) is 58.7 Å². The van der Waals surface area contributed by atoms with Crippen molar-refractivity contribution in [1.29, 1.82) is 0 Å². The highest BCUT2D eigenvalue weighted by Gasteiger charge is 2.28. The summed E-state index contributed by atoms with van der Waals surface area (Å²) in [5.41, 5.74) is 1.21. The van der Waals surface area contributed by atoms with Crippen LogP contribution in [0.1, 0.15) is 45.2 Å². The Labute approximate surface area is 193 Å². The van der Waals surface area contributed by atoms with Crippen LogP contribution in [0.3, 0.4) is 0 Å². The lowest BCUT2D eigenvalue weighted by Gasteiger charge is -2.32. The molecule has 0 unspecified atom stereocenters. The van der Waals surface area contributed by atoms with Gasteiger partial charge in [-0.1, -0.05) is 59.1 Å². The quantitative estimate of drug-likeness (QED) is 0.548. The highest BCUT2D eigenvalue weighted by atomic mass is 35.5. The second-order valence-electron chi connectivity index (χ2n) is 8.26. The number of hydrogen-bond acceptors (Lipinski definition) is 2. The molecule has 1 N–H and O–H groups in total. The summed E-state index contributed by atoms with van der Waals surface area (Å²) in [6.45, 7) is 7.63. The molecule has 2 aromatic rings. The standard InChI is InChI=1S/C23H27Cl3N2O2/c1-15(22(30)27-23(2,3)4)28(14-17-9-11-18(24)13-20(17)26)21(29)12-10-16-7-5-6-8-19(16)25/h5-9,11,13,15H,10,12,14H2,1-4H3,(H,27,30)/t15-/m0/s1. The van der Waals surface area contributed by atoms with Crippen LogP contribution >= 0.6 is 34.8 Å². The molecule has 0 saturated heterocycles. The molecule has 2 amide bonds. The second-order valence-corrected chi connectivity index (χ2v) is 9.51. The van der Waals surface area contributed by atoms with Gasteiger partial charge in [-0.3, -0.25) is 9.59 Å². The molecule has 4 nitrogen and oxygen atoms in total. The van der Waals surface area contributed by atoms with E-state index in [4.69, 9.17) is 34.8 Å². The van der Waals surface area contributed by atoms with Gasteiger partial charge < -0.3 is 10.2 Å². The fraction of sp³-hybridized carbons (Fsp3) is 0.391. The summed E-state index contributed by atoms with van der Waals surface area (Å²) < 4.78 is 0. The number of rotatable bonds is 7. The molecule has 0 aromatic heterocycles. The lowest BCUT2D eigenvalue weighted by Crippen LogP contribution is -2.52. The van der Waals surface area contributed by atoms with Gasteiger partial charge in [0.05, 0.1) is 0 Å². The third kappa shape index (κ3) is 7.19. The van der Waals surface area contributed by atoms with E-state index in [1.807, 2.05) is 39.0 Å². The van der Waals surface area contributed by atoms with E-state index in [1.165, 1.54) is 0 Å². The molecule has 2 aromatic carbocycles. The predicted octanol–water partition coefficient (Wildman–Crippen LogP) is 5.91. The third-order valence-corrected chi connectivity index (χ3v) is 5.54. The Kier molecular flexibility index (Phi) is 8.60. The van der Waals surface area contributed by atoms with Crippen molar-refractivity contribution in [3.05, 3.63) is 68.7 Å². The van der Waals surface area contributed by atoms with Crippen LogP contribution in [-0.2, 0) is 22.6 Å². The highest BCUT2D eigenvalue weighted by molar-refractivity contribution is 6.35. The van der Waals surface area contributed by atoms with Gasteiger partial charge in [0.2, 0.25) is 11.8 Å². The van der Waals surface area contributed by atoms with Crippen LogP contribution in [-0.4, -0.2) is 28.3 Å². The van der Waals surface area contributed by atoms with Gasteiger partial charge in [0, 0.05) is 33.6 Å². The van der Waals surface area contributed by atoms with Gasteiger partial charge in [-0.05, 0) is 63.4 Å². The van der Waals surface area contributed by atoms with Gasteiger partial charge >= 0.3 is 0 Å². The molecule has 0 heterocycles. The van der Waals surface area contributed by atoms with E-state index < -0.39 is 11.6 Å². The minimum absolute atomic E-state index is 0.155. The van der Waals surface area contributed by atoms with Crippen molar-refractivity contribution in [3.8, 4) is 0 Å². The zero-order chi connectivity index (χ0) is 22.5. The summed E-state index contributed by atoms with van der Waals surface area (Å²) in [5.74, 6) is -0.379. The Balaban J connectivity index is 2.23. The molecule has 0 radical (unpaired) electrons. The van der Waals surface area contributed by atoms with Crippen LogP contribution in [0, 0.1) is 0 Å². The van der Waals surface area contributed by atoms with Crippen molar-refractivity contribution in [1.82, 2.24) is 10.2 Å². The van der Waals surface area contributed by atoms with Crippen LogP contribution in [0.15, 0.2) is 42.5 Å². The molecule has 0 aliphatic rings. The average molecular weight is 470 g/mol. The SMILES string of the molecule is C[C@@H](C(=O)NC(C)(C)C)N(Cc1ccc(Cl)cc1Cl)C(=O)CCc1ccccc1Cl. The molecule has 2 rings (SSSR count). The average Bonchev–Trinajstić information content (AvgIpc) is 2.64. The summed E-state index contributed by atoms with van der Waals surface area (Å²) >= 11 is 18.5. The number of hydrogen-bond donors (Lipinski definition) is 1. The number of halogens is 3. The minimum atomic E-state index is -0.672. The largest absolute Gasteiger partial charge is 0.350 e. The molecule has 0 spiro atoms.